The predicted molar refractivity (Wildman–Crippen MR) is 60.0 cm³/mol. The van der Waals surface area contributed by atoms with E-state index in [1.165, 1.54) is 0 Å². The van der Waals surface area contributed by atoms with Crippen molar-refractivity contribution in [3.8, 4) is 0 Å². The molecule has 0 radical (unpaired) electrons. The average Bonchev–Trinajstić information content (AvgIpc) is 3.09. The van der Waals surface area contributed by atoms with E-state index in [1.54, 1.807) is 0 Å². The van der Waals surface area contributed by atoms with Crippen LogP contribution in [-0.2, 0) is 16.1 Å². The Hall–Kier alpha value is -1.35. The third-order valence-corrected chi connectivity index (χ3v) is 2.83. The molecule has 1 atom stereocenters. The molecule has 0 bridgehead atoms. The van der Waals surface area contributed by atoms with Gasteiger partial charge >= 0.3 is 5.97 Å². The van der Waals surface area contributed by atoms with E-state index in [0.29, 0.717) is 12.5 Å². The van der Waals surface area contributed by atoms with Crippen LogP contribution in [0.4, 0.5) is 0 Å². The van der Waals surface area contributed by atoms with Crippen LogP contribution in [0.1, 0.15) is 24.8 Å². The molecule has 0 unspecified atom stereocenters. The quantitative estimate of drug-likeness (QED) is 0.801. The minimum absolute atomic E-state index is 0.113. The first-order chi connectivity index (χ1) is 7.75. The van der Waals surface area contributed by atoms with Gasteiger partial charge in [-0.1, -0.05) is 30.3 Å². The Kier molecular flexibility index (Phi) is 3.57. The van der Waals surface area contributed by atoms with Crippen LogP contribution in [0.2, 0.25) is 0 Å². The van der Waals surface area contributed by atoms with E-state index >= 15 is 0 Å². The first-order valence-corrected chi connectivity index (χ1v) is 5.63. The molecule has 0 heterocycles. The number of benzene rings is 1. The summed E-state index contributed by atoms with van der Waals surface area (Å²) in [5, 5.41) is 8.78. The van der Waals surface area contributed by atoms with Crippen LogP contribution in [0.15, 0.2) is 30.3 Å². The molecular weight excluding hydrogens is 204 g/mol. The Morgan fingerprint density at radius 1 is 1.38 bits per heavy atom. The molecule has 3 nitrogen and oxygen atoms in total. The molecule has 1 N–H and O–H groups in total. The Balaban J connectivity index is 1.84. The number of aliphatic carboxylic acids is 1. The standard InChI is InChI=1S/C13H16O3/c14-13(15)8-12(11-6-7-11)16-9-10-4-2-1-3-5-10/h1-5,11-12H,6-9H2,(H,14,15)/t12-/m1/s1. The molecule has 1 aliphatic carbocycles. The van der Waals surface area contributed by atoms with Crippen molar-refractivity contribution in [2.45, 2.75) is 32.0 Å². The lowest BCUT2D eigenvalue weighted by Gasteiger charge is -2.15. The first-order valence-electron chi connectivity index (χ1n) is 5.63. The molecule has 0 spiro atoms. The molecule has 2 rings (SSSR count). The van der Waals surface area contributed by atoms with E-state index in [0.717, 1.165) is 18.4 Å². The lowest BCUT2D eigenvalue weighted by atomic mass is 10.1. The minimum atomic E-state index is -0.773. The molecule has 0 aromatic heterocycles. The molecule has 1 saturated carbocycles. The van der Waals surface area contributed by atoms with E-state index in [9.17, 15) is 4.79 Å². The van der Waals surface area contributed by atoms with E-state index in [2.05, 4.69) is 0 Å². The van der Waals surface area contributed by atoms with Crippen molar-refractivity contribution in [2.75, 3.05) is 0 Å². The van der Waals surface area contributed by atoms with Gasteiger partial charge in [0.15, 0.2) is 0 Å². The number of carboxylic acid groups (broad SMARTS) is 1. The summed E-state index contributed by atoms with van der Waals surface area (Å²) in [5.74, 6) is -0.315. The molecule has 0 amide bonds. The third kappa shape index (κ3) is 3.35. The molecule has 1 aliphatic rings. The highest BCUT2D eigenvalue weighted by atomic mass is 16.5. The smallest absolute Gasteiger partial charge is 0.305 e. The van der Waals surface area contributed by atoms with Crippen LogP contribution < -0.4 is 0 Å². The van der Waals surface area contributed by atoms with Crippen LogP contribution >= 0.6 is 0 Å². The van der Waals surface area contributed by atoms with Crippen molar-refractivity contribution < 1.29 is 14.6 Å². The maximum Gasteiger partial charge on any atom is 0.305 e. The van der Waals surface area contributed by atoms with Crippen molar-refractivity contribution in [3.63, 3.8) is 0 Å². The van der Waals surface area contributed by atoms with Gasteiger partial charge in [-0.2, -0.15) is 0 Å². The topological polar surface area (TPSA) is 46.5 Å². The summed E-state index contributed by atoms with van der Waals surface area (Å²) >= 11 is 0. The number of ether oxygens (including phenoxy) is 1. The maximum atomic E-state index is 10.7. The molecule has 1 fully saturated rings. The highest BCUT2D eigenvalue weighted by Gasteiger charge is 2.33. The van der Waals surface area contributed by atoms with Crippen molar-refractivity contribution in [1.29, 1.82) is 0 Å². The van der Waals surface area contributed by atoms with Gasteiger partial charge in [0.25, 0.3) is 0 Å². The second-order valence-corrected chi connectivity index (χ2v) is 4.27. The number of carbonyl (C=O) groups is 1. The molecule has 0 aliphatic heterocycles. The fraction of sp³-hybridized carbons (Fsp3) is 0.462. The lowest BCUT2D eigenvalue weighted by molar-refractivity contribution is -0.141. The number of hydrogen-bond acceptors (Lipinski definition) is 2. The van der Waals surface area contributed by atoms with Crippen molar-refractivity contribution in [2.24, 2.45) is 5.92 Å². The zero-order chi connectivity index (χ0) is 11.4. The van der Waals surface area contributed by atoms with Gasteiger partial charge in [-0.15, -0.1) is 0 Å². The van der Waals surface area contributed by atoms with Gasteiger partial charge in [0.1, 0.15) is 0 Å². The van der Waals surface area contributed by atoms with E-state index in [4.69, 9.17) is 9.84 Å². The van der Waals surface area contributed by atoms with Crippen molar-refractivity contribution >= 4 is 5.97 Å². The molecule has 0 saturated heterocycles. The third-order valence-electron chi connectivity index (χ3n) is 2.83. The first kappa shape index (κ1) is 11.1. The summed E-state index contributed by atoms with van der Waals surface area (Å²) in [7, 11) is 0. The van der Waals surface area contributed by atoms with Gasteiger partial charge in [0.05, 0.1) is 19.1 Å². The second kappa shape index (κ2) is 5.12. The summed E-state index contributed by atoms with van der Waals surface area (Å²) in [6, 6.07) is 9.86. The number of hydrogen-bond donors (Lipinski definition) is 1. The highest BCUT2D eigenvalue weighted by Crippen LogP contribution is 2.36. The summed E-state index contributed by atoms with van der Waals surface area (Å²) < 4.78 is 5.68. The fourth-order valence-corrected chi connectivity index (χ4v) is 1.78. The van der Waals surface area contributed by atoms with E-state index < -0.39 is 5.97 Å². The van der Waals surface area contributed by atoms with Crippen molar-refractivity contribution in [1.82, 2.24) is 0 Å². The molecule has 86 valence electrons. The molecule has 16 heavy (non-hydrogen) atoms. The molecular formula is C13H16O3. The number of rotatable bonds is 6. The van der Waals surface area contributed by atoms with E-state index in [-0.39, 0.29) is 12.5 Å². The maximum absolute atomic E-state index is 10.7. The number of carboxylic acids is 1. The Labute approximate surface area is 95.0 Å². The fourth-order valence-electron chi connectivity index (χ4n) is 1.78. The zero-order valence-corrected chi connectivity index (χ0v) is 9.13. The molecule has 1 aromatic rings. The van der Waals surface area contributed by atoms with Gasteiger partial charge in [0, 0.05) is 0 Å². The molecule has 1 aromatic carbocycles. The summed E-state index contributed by atoms with van der Waals surface area (Å²) in [6.45, 7) is 0.509. The monoisotopic (exact) mass is 220 g/mol. The van der Waals surface area contributed by atoms with Gasteiger partial charge in [-0.25, -0.2) is 0 Å². The van der Waals surface area contributed by atoms with Gasteiger partial charge in [-0.05, 0) is 24.3 Å². The van der Waals surface area contributed by atoms with E-state index in [1.807, 2.05) is 30.3 Å². The van der Waals surface area contributed by atoms with Gasteiger partial charge in [0.2, 0.25) is 0 Å². The minimum Gasteiger partial charge on any atom is -0.481 e. The van der Waals surface area contributed by atoms with Crippen molar-refractivity contribution in [3.05, 3.63) is 35.9 Å². The Bertz CT molecular complexity index is 343. The van der Waals surface area contributed by atoms with Crippen LogP contribution in [0, 0.1) is 5.92 Å². The summed E-state index contributed by atoms with van der Waals surface area (Å²) in [5.41, 5.74) is 1.10. The largest absolute Gasteiger partial charge is 0.481 e. The molecule has 3 heteroatoms. The van der Waals surface area contributed by atoms with Crippen LogP contribution in [0.25, 0.3) is 0 Å². The average molecular weight is 220 g/mol. The summed E-state index contributed by atoms with van der Waals surface area (Å²) in [6.07, 6.45) is 2.22. The second-order valence-electron chi connectivity index (χ2n) is 4.27. The van der Waals surface area contributed by atoms with Crippen LogP contribution in [0.5, 0.6) is 0 Å². The van der Waals surface area contributed by atoms with Crippen LogP contribution in [0.3, 0.4) is 0 Å². The Morgan fingerprint density at radius 3 is 2.62 bits per heavy atom. The van der Waals surface area contributed by atoms with Gasteiger partial charge < -0.3 is 9.84 Å². The zero-order valence-electron chi connectivity index (χ0n) is 9.13. The SMILES string of the molecule is O=C(O)C[C@@H](OCc1ccccc1)C1CC1. The Morgan fingerprint density at radius 2 is 2.06 bits per heavy atom. The van der Waals surface area contributed by atoms with Gasteiger partial charge in [-0.3, -0.25) is 4.79 Å². The predicted octanol–water partition coefficient (Wildman–Crippen LogP) is 2.46. The lowest BCUT2D eigenvalue weighted by Crippen LogP contribution is -2.19. The highest BCUT2D eigenvalue weighted by molar-refractivity contribution is 5.67. The van der Waals surface area contributed by atoms with Crippen LogP contribution in [-0.4, -0.2) is 17.2 Å². The summed E-state index contributed by atoms with van der Waals surface area (Å²) in [4.78, 5) is 10.7. The normalized spacial score (nSPS) is 17.0.